The number of benzene rings is 1. The van der Waals surface area contributed by atoms with Crippen molar-refractivity contribution in [1.82, 2.24) is 4.98 Å². The number of ether oxygens (including phenoxy) is 1. The summed E-state index contributed by atoms with van der Waals surface area (Å²) in [5.74, 6) is 0.872. The number of fused-ring (bicyclic) bond motifs is 1. The van der Waals surface area contributed by atoms with Crippen molar-refractivity contribution < 1.29 is 14.5 Å². The Labute approximate surface area is 131 Å². The number of hydrogen-bond acceptors (Lipinski definition) is 6. The maximum Gasteiger partial charge on any atom is 0.269 e. The molecule has 0 radical (unpaired) electrons. The van der Waals surface area contributed by atoms with E-state index in [1.54, 1.807) is 31.2 Å². The highest BCUT2D eigenvalue weighted by molar-refractivity contribution is 5.98. The molecule has 0 saturated heterocycles. The van der Waals surface area contributed by atoms with Crippen LogP contribution in [0.15, 0.2) is 36.4 Å². The lowest BCUT2D eigenvalue weighted by atomic mass is 10.1. The average Bonchev–Trinajstić information content (AvgIpc) is 2.53. The van der Waals surface area contributed by atoms with E-state index in [9.17, 15) is 14.9 Å². The molecular formula is C15H14N4O4. The topological polar surface area (TPSA) is 112 Å². The van der Waals surface area contributed by atoms with Crippen LogP contribution in [0.5, 0.6) is 5.75 Å². The van der Waals surface area contributed by atoms with Gasteiger partial charge in [-0.1, -0.05) is 12.1 Å². The summed E-state index contributed by atoms with van der Waals surface area (Å²) in [4.78, 5) is 28.3. The van der Waals surface area contributed by atoms with E-state index in [4.69, 9.17) is 10.5 Å². The summed E-state index contributed by atoms with van der Waals surface area (Å²) >= 11 is 0. The van der Waals surface area contributed by atoms with Crippen molar-refractivity contribution in [1.29, 1.82) is 0 Å². The number of non-ortho nitro benzene ring substituents is 1. The zero-order valence-electron chi connectivity index (χ0n) is 12.3. The van der Waals surface area contributed by atoms with E-state index in [0.717, 1.165) is 5.56 Å². The first kappa shape index (κ1) is 14.8. The fourth-order valence-corrected chi connectivity index (χ4v) is 2.36. The Hall–Kier alpha value is -3.16. The third-order valence-electron chi connectivity index (χ3n) is 3.52. The Morgan fingerprint density at radius 2 is 2.00 bits per heavy atom. The minimum Gasteiger partial charge on any atom is -0.477 e. The van der Waals surface area contributed by atoms with E-state index in [1.165, 1.54) is 17.0 Å². The zero-order valence-corrected chi connectivity index (χ0v) is 12.3. The molecule has 0 fully saturated rings. The normalized spacial score (nSPS) is 16.7. The largest absolute Gasteiger partial charge is 0.477 e. The van der Waals surface area contributed by atoms with Gasteiger partial charge in [-0.05, 0) is 24.6 Å². The predicted octanol–water partition coefficient (Wildman–Crippen LogP) is 1.89. The number of nitrogens with zero attached hydrogens (tertiary/aromatic N) is 3. The van der Waals surface area contributed by atoms with Crippen molar-refractivity contribution in [3.8, 4) is 5.75 Å². The zero-order chi connectivity index (χ0) is 16.6. The summed E-state index contributed by atoms with van der Waals surface area (Å²) in [6.45, 7) is 1.89. The van der Waals surface area contributed by atoms with Crippen molar-refractivity contribution in [2.45, 2.75) is 19.6 Å². The maximum absolute atomic E-state index is 12.4. The SMILES string of the molecule is CC1Oc2ccc(N)nc2N(Cc2ccc([N+](=O)[O-])cc2)C1=O. The van der Waals surface area contributed by atoms with Gasteiger partial charge < -0.3 is 10.5 Å². The molecule has 2 heterocycles. The third kappa shape index (κ3) is 2.78. The number of amides is 1. The van der Waals surface area contributed by atoms with Gasteiger partial charge in [0.25, 0.3) is 11.6 Å². The van der Waals surface area contributed by atoms with Crippen LogP contribution >= 0.6 is 0 Å². The molecule has 1 aliphatic heterocycles. The van der Waals surface area contributed by atoms with Crippen LogP contribution in [0, 0.1) is 10.1 Å². The predicted molar refractivity (Wildman–Crippen MR) is 83.0 cm³/mol. The molecule has 8 nitrogen and oxygen atoms in total. The molecule has 1 aromatic carbocycles. The number of nitrogens with two attached hydrogens (primary N) is 1. The Morgan fingerprint density at radius 1 is 1.30 bits per heavy atom. The molecule has 0 bridgehead atoms. The van der Waals surface area contributed by atoms with Gasteiger partial charge in [0.1, 0.15) is 5.82 Å². The molecular weight excluding hydrogens is 300 g/mol. The summed E-state index contributed by atoms with van der Waals surface area (Å²) in [6, 6.07) is 9.29. The molecule has 0 saturated carbocycles. The molecule has 0 aliphatic carbocycles. The van der Waals surface area contributed by atoms with Crippen LogP contribution in [0.3, 0.4) is 0 Å². The van der Waals surface area contributed by atoms with Gasteiger partial charge in [0.15, 0.2) is 17.7 Å². The highest BCUT2D eigenvalue weighted by Gasteiger charge is 2.32. The number of nitro groups is 1. The van der Waals surface area contributed by atoms with Crippen LogP contribution < -0.4 is 15.4 Å². The molecule has 2 N–H and O–H groups in total. The Morgan fingerprint density at radius 3 is 2.65 bits per heavy atom. The summed E-state index contributed by atoms with van der Waals surface area (Å²) in [5, 5.41) is 10.7. The van der Waals surface area contributed by atoms with Gasteiger partial charge >= 0.3 is 0 Å². The second-order valence-electron chi connectivity index (χ2n) is 5.17. The minimum absolute atomic E-state index is 0.00167. The highest BCUT2D eigenvalue weighted by atomic mass is 16.6. The second-order valence-corrected chi connectivity index (χ2v) is 5.17. The monoisotopic (exact) mass is 314 g/mol. The molecule has 1 atom stereocenters. The summed E-state index contributed by atoms with van der Waals surface area (Å²) in [7, 11) is 0. The molecule has 1 amide bonds. The van der Waals surface area contributed by atoms with Crippen LogP contribution in [0.1, 0.15) is 12.5 Å². The first-order valence-electron chi connectivity index (χ1n) is 6.93. The second kappa shape index (κ2) is 5.56. The van der Waals surface area contributed by atoms with Crippen molar-refractivity contribution in [3.63, 3.8) is 0 Å². The van der Waals surface area contributed by atoms with E-state index >= 15 is 0 Å². The molecule has 2 aromatic rings. The average molecular weight is 314 g/mol. The number of aromatic nitrogens is 1. The maximum atomic E-state index is 12.4. The molecule has 0 spiro atoms. The van der Waals surface area contributed by atoms with E-state index in [-0.39, 0.29) is 24.0 Å². The molecule has 118 valence electrons. The van der Waals surface area contributed by atoms with E-state index in [0.29, 0.717) is 11.6 Å². The van der Waals surface area contributed by atoms with Gasteiger partial charge in [-0.2, -0.15) is 0 Å². The lowest BCUT2D eigenvalue weighted by Crippen LogP contribution is -2.44. The van der Waals surface area contributed by atoms with Crippen LogP contribution in [-0.2, 0) is 11.3 Å². The Bertz CT molecular complexity index is 776. The standard InChI is InChI=1S/C15H14N4O4/c1-9-15(20)18(14-12(23-9)6-7-13(16)17-14)8-10-2-4-11(5-3-10)19(21)22/h2-7,9H,8H2,1H3,(H2,16,17). The van der Waals surface area contributed by atoms with Crippen LogP contribution in [0.4, 0.5) is 17.3 Å². The van der Waals surface area contributed by atoms with Gasteiger partial charge in [-0.3, -0.25) is 19.8 Å². The van der Waals surface area contributed by atoms with Crippen LogP contribution in [-0.4, -0.2) is 21.9 Å². The van der Waals surface area contributed by atoms with Crippen molar-refractivity contribution in [2.75, 3.05) is 10.6 Å². The third-order valence-corrected chi connectivity index (χ3v) is 3.52. The number of anilines is 2. The lowest BCUT2D eigenvalue weighted by molar-refractivity contribution is -0.384. The molecule has 1 aliphatic rings. The van der Waals surface area contributed by atoms with Crippen molar-refractivity contribution >= 4 is 23.2 Å². The number of hydrogen-bond donors (Lipinski definition) is 1. The number of pyridine rings is 1. The quantitative estimate of drug-likeness (QED) is 0.684. The van der Waals surface area contributed by atoms with Gasteiger partial charge in [-0.25, -0.2) is 4.98 Å². The van der Waals surface area contributed by atoms with Gasteiger partial charge in [0.2, 0.25) is 0 Å². The first-order chi connectivity index (χ1) is 11.0. The molecule has 1 unspecified atom stereocenters. The Balaban J connectivity index is 1.93. The molecule has 23 heavy (non-hydrogen) atoms. The summed E-state index contributed by atoms with van der Waals surface area (Å²) in [6.07, 6.45) is -0.633. The number of nitro benzene ring substituents is 1. The molecule has 1 aromatic heterocycles. The number of carbonyl (C=O) groups excluding carboxylic acids is 1. The van der Waals surface area contributed by atoms with Gasteiger partial charge in [-0.15, -0.1) is 0 Å². The van der Waals surface area contributed by atoms with Gasteiger partial charge in [0.05, 0.1) is 11.5 Å². The molecule has 8 heteroatoms. The first-order valence-corrected chi connectivity index (χ1v) is 6.93. The van der Waals surface area contributed by atoms with Crippen molar-refractivity contribution in [2.24, 2.45) is 0 Å². The number of nitrogen functional groups attached to an aromatic ring is 1. The van der Waals surface area contributed by atoms with E-state index in [1.807, 2.05) is 0 Å². The fourth-order valence-electron chi connectivity index (χ4n) is 2.36. The number of rotatable bonds is 3. The van der Waals surface area contributed by atoms with E-state index in [2.05, 4.69) is 4.98 Å². The van der Waals surface area contributed by atoms with E-state index < -0.39 is 11.0 Å². The summed E-state index contributed by atoms with van der Waals surface area (Å²) in [5.41, 5.74) is 6.43. The Kier molecular flexibility index (Phi) is 3.57. The lowest BCUT2D eigenvalue weighted by Gasteiger charge is -2.32. The van der Waals surface area contributed by atoms with Crippen LogP contribution in [0.25, 0.3) is 0 Å². The van der Waals surface area contributed by atoms with Crippen LogP contribution in [0.2, 0.25) is 0 Å². The fraction of sp³-hybridized carbons (Fsp3) is 0.200. The minimum atomic E-state index is -0.633. The summed E-state index contributed by atoms with van der Waals surface area (Å²) < 4.78 is 5.52. The van der Waals surface area contributed by atoms with Gasteiger partial charge in [0, 0.05) is 12.1 Å². The highest BCUT2D eigenvalue weighted by Crippen LogP contribution is 2.34. The molecule has 3 rings (SSSR count). The smallest absolute Gasteiger partial charge is 0.269 e. The number of carbonyl (C=O) groups is 1. The van der Waals surface area contributed by atoms with Crippen molar-refractivity contribution in [3.05, 3.63) is 52.1 Å².